The summed E-state index contributed by atoms with van der Waals surface area (Å²) in [6.07, 6.45) is 1.82. The minimum atomic E-state index is 0.744. The van der Waals surface area contributed by atoms with Gasteiger partial charge in [0.05, 0.1) is 0 Å². The van der Waals surface area contributed by atoms with Gasteiger partial charge in [-0.05, 0) is 29.0 Å². The van der Waals surface area contributed by atoms with E-state index < -0.39 is 0 Å². The maximum atomic E-state index is 6.07. The molecule has 0 radical (unpaired) electrons. The number of hydrogen-bond donors (Lipinski definition) is 0. The summed E-state index contributed by atoms with van der Waals surface area (Å²) in [5, 5.41) is 6.02. The second kappa shape index (κ2) is 4.41. The SMILES string of the molecule is Clc1ccc2c(Br)ccc(-c3nccs3)c2c1. The van der Waals surface area contributed by atoms with E-state index in [4.69, 9.17) is 11.6 Å². The summed E-state index contributed by atoms with van der Waals surface area (Å²) in [5.41, 5.74) is 1.13. The predicted octanol–water partition coefficient (Wildman–Crippen LogP) is 5.38. The van der Waals surface area contributed by atoms with Gasteiger partial charge in [0, 0.05) is 26.6 Å². The number of fused-ring (bicyclic) bond motifs is 1. The highest BCUT2D eigenvalue weighted by atomic mass is 79.9. The van der Waals surface area contributed by atoms with Crippen LogP contribution in [0.2, 0.25) is 5.02 Å². The Balaban J connectivity index is 2.40. The Hall–Kier alpha value is -0.900. The van der Waals surface area contributed by atoms with Crippen LogP contribution in [0.5, 0.6) is 0 Å². The first kappa shape index (κ1) is 11.2. The monoisotopic (exact) mass is 323 g/mol. The van der Waals surface area contributed by atoms with Crippen LogP contribution in [0.1, 0.15) is 0 Å². The molecule has 0 saturated heterocycles. The second-order valence-corrected chi connectivity index (χ2v) is 5.81. The molecule has 1 nitrogen and oxygen atoms in total. The summed E-state index contributed by atoms with van der Waals surface area (Å²) < 4.78 is 1.07. The lowest BCUT2D eigenvalue weighted by molar-refractivity contribution is 1.42. The summed E-state index contributed by atoms with van der Waals surface area (Å²) in [4.78, 5) is 4.36. The zero-order chi connectivity index (χ0) is 11.8. The van der Waals surface area contributed by atoms with Crippen molar-refractivity contribution in [1.29, 1.82) is 0 Å². The quantitative estimate of drug-likeness (QED) is 0.585. The molecule has 0 saturated carbocycles. The van der Waals surface area contributed by atoms with E-state index in [1.54, 1.807) is 11.3 Å². The number of rotatable bonds is 1. The summed E-state index contributed by atoms with van der Waals surface area (Å²) >= 11 is 11.3. The van der Waals surface area contributed by atoms with E-state index in [1.807, 2.05) is 35.8 Å². The number of nitrogens with zero attached hydrogens (tertiary/aromatic N) is 1. The van der Waals surface area contributed by atoms with Gasteiger partial charge in [-0.1, -0.05) is 39.7 Å². The van der Waals surface area contributed by atoms with E-state index in [0.29, 0.717) is 0 Å². The van der Waals surface area contributed by atoms with Crippen molar-refractivity contribution in [1.82, 2.24) is 4.98 Å². The van der Waals surface area contributed by atoms with Gasteiger partial charge in [0.1, 0.15) is 5.01 Å². The lowest BCUT2D eigenvalue weighted by Crippen LogP contribution is -1.82. The van der Waals surface area contributed by atoms with Crippen LogP contribution in [0.15, 0.2) is 46.4 Å². The van der Waals surface area contributed by atoms with E-state index >= 15 is 0 Å². The van der Waals surface area contributed by atoms with E-state index in [-0.39, 0.29) is 0 Å². The number of aromatic nitrogens is 1. The second-order valence-electron chi connectivity index (χ2n) is 3.62. The Morgan fingerprint density at radius 1 is 1.12 bits per heavy atom. The minimum absolute atomic E-state index is 0.744. The first-order valence-electron chi connectivity index (χ1n) is 5.03. The average Bonchev–Trinajstić information content (AvgIpc) is 2.83. The highest BCUT2D eigenvalue weighted by molar-refractivity contribution is 9.10. The van der Waals surface area contributed by atoms with Gasteiger partial charge >= 0.3 is 0 Å². The van der Waals surface area contributed by atoms with Crippen molar-refractivity contribution in [3.8, 4) is 10.6 Å². The topological polar surface area (TPSA) is 12.9 Å². The molecule has 0 spiro atoms. The average molecular weight is 325 g/mol. The molecule has 0 aliphatic carbocycles. The van der Waals surface area contributed by atoms with E-state index in [0.717, 1.165) is 30.8 Å². The lowest BCUT2D eigenvalue weighted by atomic mass is 10.1. The van der Waals surface area contributed by atoms with Gasteiger partial charge in [-0.3, -0.25) is 0 Å². The van der Waals surface area contributed by atoms with E-state index in [1.165, 1.54) is 0 Å². The van der Waals surface area contributed by atoms with Crippen LogP contribution >= 0.6 is 38.9 Å². The van der Waals surface area contributed by atoms with Gasteiger partial charge in [-0.2, -0.15) is 0 Å². The Morgan fingerprint density at radius 3 is 2.76 bits per heavy atom. The molecule has 0 unspecified atom stereocenters. The Bertz CT molecular complexity index is 679. The molecule has 0 aliphatic heterocycles. The molecular weight excluding hydrogens is 318 g/mol. The molecule has 2 aromatic carbocycles. The van der Waals surface area contributed by atoms with E-state index in [2.05, 4.69) is 27.0 Å². The summed E-state index contributed by atoms with van der Waals surface area (Å²) in [6.45, 7) is 0. The largest absolute Gasteiger partial charge is 0.245 e. The van der Waals surface area contributed by atoms with Crippen molar-refractivity contribution < 1.29 is 0 Å². The maximum Gasteiger partial charge on any atom is 0.123 e. The van der Waals surface area contributed by atoms with Crippen molar-refractivity contribution in [3.05, 3.63) is 51.4 Å². The van der Waals surface area contributed by atoms with Gasteiger partial charge in [-0.25, -0.2) is 4.98 Å². The molecule has 0 N–H and O–H groups in total. The van der Waals surface area contributed by atoms with Crippen LogP contribution in [0, 0.1) is 0 Å². The van der Waals surface area contributed by atoms with Crippen LogP contribution < -0.4 is 0 Å². The van der Waals surface area contributed by atoms with Crippen LogP contribution in [0.4, 0.5) is 0 Å². The Kier molecular flexibility index (Phi) is 2.90. The molecule has 0 fully saturated rings. The molecule has 4 heteroatoms. The third kappa shape index (κ3) is 1.99. The Morgan fingerprint density at radius 2 is 2.00 bits per heavy atom. The predicted molar refractivity (Wildman–Crippen MR) is 77.8 cm³/mol. The third-order valence-electron chi connectivity index (χ3n) is 2.59. The summed E-state index contributed by atoms with van der Waals surface area (Å²) in [6, 6.07) is 10.0. The van der Waals surface area contributed by atoms with Crippen LogP contribution in [0.3, 0.4) is 0 Å². The molecule has 0 bridgehead atoms. The molecule has 84 valence electrons. The molecule has 3 rings (SSSR count). The fraction of sp³-hybridized carbons (Fsp3) is 0. The molecule has 1 heterocycles. The number of benzene rings is 2. The highest BCUT2D eigenvalue weighted by Gasteiger charge is 2.08. The fourth-order valence-corrected chi connectivity index (χ4v) is 3.15. The van der Waals surface area contributed by atoms with Gasteiger partial charge in [0.15, 0.2) is 0 Å². The summed E-state index contributed by atoms with van der Waals surface area (Å²) in [5.74, 6) is 0. The van der Waals surface area contributed by atoms with Crippen molar-refractivity contribution >= 4 is 49.6 Å². The molecule has 17 heavy (non-hydrogen) atoms. The van der Waals surface area contributed by atoms with Gasteiger partial charge in [0.2, 0.25) is 0 Å². The molecular formula is C13H7BrClNS. The number of halogens is 2. The Labute approximate surface area is 116 Å². The van der Waals surface area contributed by atoms with Crippen molar-refractivity contribution in [3.63, 3.8) is 0 Å². The zero-order valence-corrected chi connectivity index (χ0v) is 11.8. The molecule has 3 aromatic rings. The van der Waals surface area contributed by atoms with Gasteiger partial charge < -0.3 is 0 Å². The first-order chi connectivity index (χ1) is 8.25. The minimum Gasteiger partial charge on any atom is -0.245 e. The zero-order valence-electron chi connectivity index (χ0n) is 8.65. The fourth-order valence-electron chi connectivity index (χ4n) is 1.83. The molecule has 0 atom stereocenters. The number of thiazole rings is 1. The molecule has 1 aromatic heterocycles. The van der Waals surface area contributed by atoms with E-state index in [9.17, 15) is 0 Å². The smallest absolute Gasteiger partial charge is 0.123 e. The summed E-state index contributed by atoms with van der Waals surface area (Å²) in [7, 11) is 0. The first-order valence-corrected chi connectivity index (χ1v) is 7.08. The molecule has 0 amide bonds. The third-order valence-corrected chi connectivity index (χ3v) is 4.32. The number of hydrogen-bond acceptors (Lipinski definition) is 2. The van der Waals surface area contributed by atoms with Crippen molar-refractivity contribution in [2.24, 2.45) is 0 Å². The highest BCUT2D eigenvalue weighted by Crippen LogP contribution is 2.35. The van der Waals surface area contributed by atoms with Crippen molar-refractivity contribution in [2.45, 2.75) is 0 Å². The van der Waals surface area contributed by atoms with Crippen LogP contribution in [-0.4, -0.2) is 4.98 Å². The lowest BCUT2D eigenvalue weighted by Gasteiger charge is -2.06. The van der Waals surface area contributed by atoms with Gasteiger partial charge in [0.25, 0.3) is 0 Å². The molecule has 0 aliphatic rings. The normalized spacial score (nSPS) is 10.9. The van der Waals surface area contributed by atoms with Crippen LogP contribution in [0.25, 0.3) is 21.3 Å². The van der Waals surface area contributed by atoms with Crippen LogP contribution in [-0.2, 0) is 0 Å². The maximum absolute atomic E-state index is 6.07. The standard InChI is InChI=1S/C13H7BrClNS/c14-12-4-3-10(13-16-5-6-17-13)11-7-8(15)1-2-9(11)12/h1-7H. The van der Waals surface area contributed by atoms with Crippen molar-refractivity contribution in [2.75, 3.05) is 0 Å². The van der Waals surface area contributed by atoms with Gasteiger partial charge in [-0.15, -0.1) is 11.3 Å².